The lowest BCUT2D eigenvalue weighted by molar-refractivity contribution is 0.468. The van der Waals surface area contributed by atoms with Crippen LogP contribution in [0.5, 0.6) is 0 Å². The molecule has 1 saturated heterocycles. The molecular formula is C16H24N4O2S. The number of rotatable bonds is 6. The summed E-state index contributed by atoms with van der Waals surface area (Å²) in [6.07, 6.45) is 4.27. The summed E-state index contributed by atoms with van der Waals surface area (Å²) >= 11 is 0. The van der Waals surface area contributed by atoms with E-state index in [4.69, 9.17) is 4.98 Å². The molecule has 3 rings (SSSR count). The van der Waals surface area contributed by atoms with E-state index in [1.165, 1.54) is 0 Å². The smallest absolute Gasteiger partial charge is 0.214 e. The third-order valence-corrected chi connectivity index (χ3v) is 6.39. The molecule has 0 spiro atoms. The van der Waals surface area contributed by atoms with Crippen molar-refractivity contribution >= 4 is 21.2 Å². The van der Waals surface area contributed by atoms with Crippen molar-refractivity contribution in [3.05, 3.63) is 24.2 Å². The van der Waals surface area contributed by atoms with Crippen LogP contribution in [0.3, 0.4) is 0 Å². The zero-order valence-corrected chi connectivity index (χ0v) is 14.6. The first kappa shape index (κ1) is 16.4. The average Bonchev–Trinajstić information content (AvgIpc) is 3.13. The minimum absolute atomic E-state index is 0.155. The van der Waals surface area contributed by atoms with E-state index in [0.29, 0.717) is 19.5 Å². The van der Waals surface area contributed by atoms with Gasteiger partial charge in [-0.3, -0.25) is 0 Å². The molecule has 6 nitrogen and oxygen atoms in total. The van der Waals surface area contributed by atoms with Crippen LogP contribution in [0, 0.1) is 0 Å². The van der Waals surface area contributed by atoms with Gasteiger partial charge in [0.15, 0.2) is 5.65 Å². The quantitative estimate of drug-likeness (QED) is 0.812. The van der Waals surface area contributed by atoms with Crippen LogP contribution in [0.1, 0.15) is 44.9 Å². The van der Waals surface area contributed by atoms with Gasteiger partial charge in [0.05, 0.1) is 5.75 Å². The number of pyridine rings is 1. The summed E-state index contributed by atoms with van der Waals surface area (Å²) in [6, 6.07) is 3.86. The zero-order valence-electron chi connectivity index (χ0n) is 13.8. The fourth-order valence-electron chi connectivity index (χ4n) is 3.31. The van der Waals surface area contributed by atoms with Crippen LogP contribution in [0.2, 0.25) is 0 Å². The molecule has 23 heavy (non-hydrogen) atoms. The Morgan fingerprint density at radius 2 is 2.13 bits per heavy atom. The van der Waals surface area contributed by atoms with E-state index >= 15 is 0 Å². The maximum atomic E-state index is 12.3. The van der Waals surface area contributed by atoms with Gasteiger partial charge in [0, 0.05) is 31.7 Å². The van der Waals surface area contributed by atoms with E-state index < -0.39 is 10.0 Å². The summed E-state index contributed by atoms with van der Waals surface area (Å²) in [5.74, 6) is 1.37. The van der Waals surface area contributed by atoms with E-state index in [2.05, 4.69) is 16.5 Å². The molecule has 1 aliphatic heterocycles. The molecule has 1 fully saturated rings. The van der Waals surface area contributed by atoms with Crippen molar-refractivity contribution in [2.24, 2.45) is 0 Å². The van der Waals surface area contributed by atoms with Crippen molar-refractivity contribution in [1.29, 1.82) is 0 Å². The Balaban J connectivity index is 1.91. The van der Waals surface area contributed by atoms with E-state index in [9.17, 15) is 8.42 Å². The van der Waals surface area contributed by atoms with E-state index in [1.807, 2.05) is 19.1 Å². The zero-order chi connectivity index (χ0) is 16.4. The van der Waals surface area contributed by atoms with Crippen molar-refractivity contribution in [2.45, 2.75) is 45.6 Å². The molecule has 7 heteroatoms. The molecule has 1 aliphatic rings. The molecule has 0 aliphatic carbocycles. The van der Waals surface area contributed by atoms with Gasteiger partial charge in [0.1, 0.15) is 11.3 Å². The molecule has 0 radical (unpaired) electrons. The molecule has 3 heterocycles. The summed E-state index contributed by atoms with van der Waals surface area (Å²) in [6.45, 7) is 6.02. The van der Waals surface area contributed by atoms with Gasteiger partial charge in [0.25, 0.3) is 0 Å². The molecule has 0 saturated carbocycles. The highest BCUT2D eigenvalue weighted by atomic mass is 32.2. The number of nitrogens with zero attached hydrogens (tertiary/aromatic N) is 4. The van der Waals surface area contributed by atoms with Crippen LogP contribution in [0.4, 0.5) is 0 Å². The number of aryl methyl sites for hydroxylation is 1. The minimum atomic E-state index is -3.13. The highest BCUT2D eigenvalue weighted by molar-refractivity contribution is 7.89. The molecule has 0 N–H and O–H groups in total. The van der Waals surface area contributed by atoms with Crippen LogP contribution < -0.4 is 0 Å². The first-order valence-corrected chi connectivity index (χ1v) is 9.96. The lowest BCUT2D eigenvalue weighted by Crippen LogP contribution is -2.30. The second-order valence-electron chi connectivity index (χ2n) is 6.13. The Hall–Kier alpha value is -1.47. The highest BCUT2D eigenvalue weighted by Crippen LogP contribution is 2.30. The Morgan fingerprint density at radius 1 is 1.30 bits per heavy atom. The Morgan fingerprint density at radius 3 is 2.87 bits per heavy atom. The third-order valence-electron chi connectivity index (χ3n) is 4.35. The SMILES string of the molecule is CCCn1c([C@H]2CCN(S(=O)(=O)CCC)C2)nc2cccnc21. The lowest BCUT2D eigenvalue weighted by Gasteiger charge is -2.16. The van der Waals surface area contributed by atoms with Crippen molar-refractivity contribution in [3.63, 3.8) is 0 Å². The molecular weight excluding hydrogens is 312 g/mol. The van der Waals surface area contributed by atoms with Crippen LogP contribution in [0.25, 0.3) is 11.2 Å². The van der Waals surface area contributed by atoms with Gasteiger partial charge in [-0.05, 0) is 31.4 Å². The Labute approximate surface area is 137 Å². The van der Waals surface area contributed by atoms with Crippen LogP contribution in [-0.4, -0.2) is 46.1 Å². The van der Waals surface area contributed by atoms with Gasteiger partial charge in [-0.25, -0.2) is 22.7 Å². The van der Waals surface area contributed by atoms with Gasteiger partial charge < -0.3 is 4.57 Å². The monoisotopic (exact) mass is 336 g/mol. The summed E-state index contributed by atoms with van der Waals surface area (Å²) in [7, 11) is -3.13. The highest BCUT2D eigenvalue weighted by Gasteiger charge is 2.34. The maximum absolute atomic E-state index is 12.3. The van der Waals surface area contributed by atoms with Gasteiger partial charge in [-0.15, -0.1) is 0 Å². The van der Waals surface area contributed by atoms with Crippen molar-refractivity contribution in [3.8, 4) is 0 Å². The van der Waals surface area contributed by atoms with Gasteiger partial charge >= 0.3 is 0 Å². The molecule has 1 atom stereocenters. The van der Waals surface area contributed by atoms with Crippen molar-refractivity contribution in [2.75, 3.05) is 18.8 Å². The molecule has 0 unspecified atom stereocenters. The van der Waals surface area contributed by atoms with Gasteiger partial charge in [-0.1, -0.05) is 13.8 Å². The largest absolute Gasteiger partial charge is 0.312 e. The van der Waals surface area contributed by atoms with Crippen molar-refractivity contribution < 1.29 is 8.42 Å². The molecule has 126 valence electrons. The number of hydrogen-bond acceptors (Lipinski definition) is 4. The first-order valence-electron chi connectivity index (χ1n) is 8.35. The molecule has 0 aromatic carbocycles. The molecule has 0 bridgehead atoms. The summed E-state index contributed by atoms with van der Waals surface area (Å²) in [5, 5.41) is 0. The van der Waals surface area contributed by atoms with Crippen LogP contribution >= 0.6 is 0 Å². The van der Waals surface area contributed by atoms with Crippen LogP contribution in [0.15, 0.2) is 18.3 Å². The van der Waals surface area contributed by atoms with E-state index in [0.717, 1.165) is 36.4 Å². The second-order valence-corrected chi connectivity index (χ2v) is 8.22. The Bertz CT molecular complexity index is 784. The summed E-state index contributed by atoms with van der Waals surface area (Å²) in [4.78, 5) is 9.21. The summed E-state index contributed by atoms with van der Waals surface area (Å²) in [5.41, 5.74) is 1.80. The number of aromatic nitrogens is 3. The molecule has 0 amide bonds. The average molecular weight is 336 g/mol. The normalized spacial score (nSPS) is 19.7. The minimum Gasteiger partial charge on any atom is -0.312 e. The Kier molecular flexibility index (Phi) is 4.68. The predicted molar refractivity (Wildman–Crippen MR) is 90.8 cm³/mol. The van der Waals surface area contributed by atoms with Crippen molar-refractivity contribution in [1.82, 2.24) is 18.8 Å². The number of hydrogen-bond donors (Lipinski definition) is 0. The standard InChI is InChI=1S/C16H24N4O2S/c1-3-9-20-15(18-14-6-5-8-17-16(14)20)13-7-10-19(12-13)23(21,22)11-4-2/h5-6,8,13H,3-4,7,9-12H2,1-2H3/t13-/m0/s1. The first-order chi connectivity index (χ1) is 11.1. The summed E-state index contributed by atoms with van der Waals surface area (Å²) < 4.78 is 28.3. The number of imidazole rings is 1. The number of fused-ring (bicyclic) bond motifs is 1. The third kappa shape index (κ3) is 3.12. The maximum Gasteiger partial charge on any atom is 0.214 e. The number of sulfonamides is 1. The van der Waals surface area contributed by atoms with Gasteiger partial charge in [0.2, 0.25) is 10.0 Å². The lowest BCUT2D eigenvalue weighted by atomic mass is 10.1. The molecule has 2 aromatic heterocycles. The fourth-order valence-corrected chi connectivity index (χ4v) is 4.88. The molecule has 2 aromatic rings. The van der Waals surface area contributed by atoms with Crippen LogP contribution in [-0.2, 0) is 16.6 Å². The predicted octanol–water partition coefficient (Wildman–Crippen LogP) is 2.37. The van der Waals surface area contributed by atoms with Gasteiger partial charge in [-0.2, -0.15) is 0 Å². The van der Waals surface area contributed by atoms with E-state index in [1.54, 1.807) is 10.5 Å². The fraction of sp³-hybridized carbons (Fsp3) is 0.625. The second kappa shape index (κ2) is 6.57. The topological polar surface area (TPSA) is 68.1 Å². The van der Waals surface area contributed by atoms with E-state index in [-0.39, 0.29) is 11.7 Å².